The molecule has 0 aliphatic carbocycles. The van der Waals surface area contributed by atoms with Gasteiger partial charge in [-0.3, -0.25) is 0 Å². The van der Waals surface area contributed by atoms with Gasteiger partial charge in [-0.05, 0) is 48.6 Å². The quantitative estimate of drug-likeness (QED) is 0.804. The van der Waals surface area contributed by atoms with Crippen molar-refractivity contribution in [3.8, 4) is 5.75 Å². The maximum absolute atomic E-state index is 5.45. The molecule has 0 bridgehead atoms. The minimum absolute atomic E-state index is 0.239. The molecule has 0 aromatic heterocycles. The molecule has 0 spiro atoms. The molecule has 0 saturated carbocycles. The first-order chi connectivity index (χ1) is 10.0. The van der Waals surface area contributed by atoms with Crippen LogP contribution in [0.1, 0.15) is 49.4 Å². The van der Waals surface area contributed by atoms with Gasteiger partial charge in [-0.1, -0.05) is 44.2 Å². The highest BCUT2D eigenvalue weighted by Crippen LogP contribution is 2.29. The lowest BCUT2D eigenvalue weighted by molar-refractivity contribution is 0.416. The summed E-state index contributed by atoms with van der Waals surface area (Å²) in [4.78, 5) is 0. The summed E-state index contributed by atoms with van der Waals surface area (Å²) in [5, 5.41) is 3.53. The third-order valence-electron chi connectivity index (χ3n) is 3.83. The van der Waals surface area contributed by atoms with Crippen molar-refractivity contribution in [3.05, 3.63) is 59.2 Å². The Kier molecular flexibility index (Phi) is 4.89. The van der Waals surface area contributed by atoms with Gasteiger partial charge in [0.15, 0.2) is 0 Å². The monoisotopic (exact) mass is 283 g/mol. The number of nitrogens with one attached hydrogen (secondary N) is 1. The number of hydrogen-bond acceptors (Lipinski definition) is 2. The summed E-state index contributed by atoms with van der Waals surface area (Å²) in [7, 11) is 1.71. The van der Waals surface area contributed by atoms with Crippen molar-refractivity contribution in [2.75, 3.05) is 12.4 Å². The third-order valence-corrected chi connectivity index (χ3v) is 3.83. The lowest BCUT2D eigenvalue weighted by atomic mass is 9.99. The molecule has 112 valence electrons. The van der Waals surface area contributed by atoms with E-state index in [1.165, 1.54) is 16.7 Å². The van der Waals surface area contributed by atoms with Crippen LogP contribution >= 0.6 is 0 Å². The third kappa shape index (κ3) is 3.78. The van der Waals surface area contributed by atoms with Crippen LogP contribution in [0, 0.1) is 6.92 Å². The summed E-state index contributed by atoms with van der Waals surface area (Å²) in [6.07, 6.45) is 0. The molecule has 1 N–H and O–H groups in total. The number of aryl methyl sites for hydroxylation is 1. The maximum Gasteiger partial charge on any atom is 0.142 e. The van der Waals surface area contributed by atoms with Crippen LogP contribution in [0.4, 0.5) is 5.69 Å². The van der Waals surface area contributed by atoms with E-state index >= 15 is 0 Å². The zero-order valence-electron chi connectivity index (χ0n) is 13.6. The molecule has 0 amide bonds. The molecule has 2 aromatic carbocycles. The highest BCUT2D eigenvalue weighted by molar-refractivity contribution is 5.58. The molecule has 2 nitrogen and oxygen atoms in total. The predicted molar refractivity (Wildman–Crippen MR) is 90.3 cm³/mol. The number of hydrogen-bond donors (Lipinski definition) is 1. The smallest absolute Gasteiger partial charge is 0.142 e. The van der Waals surface area contributed by atoms with E-state index in [1.807, 2.05) is 0 Å². The van der Waals surface area contributed by atoms with Gasteiger partial charge in [0.1, 0.15) is 5.75 Å². The minimum atomic E-state index is 0.239. The highest BCUT2D eigenvalue weighted by atomic mass is 16.5. The molecular formula is C19H25NO. The topological polar surface area (TPSA) is 21.3 Å². The summed E-state index contributed by atoms with van der Waals surface area (Å²) >= 11 is 0. The fraction of sp³-hybridized carbons (Fsp3) is 0.368. The van der Waals surface area contributed by atoms with E-state index < -0.39 is 0 Å². The first-order valence-corrected chi connectivity index (χ1v) is 7.52. The van der Waals surface area contributed by atoms with Crippen LogP contribution in [-0.4, -0.2) is 7.11 Å². The Labute approximate surface area is 128 Å². The first kappa shape index (κ1) is 15.4. The number of anilines is 1. The highest BCUT2D eigenvalue weighted by Gasteiger charge is 2.09. The van der Waals surface area contributed by atoms with Gasteiger partial charge in [0.2, 0.25) is 0 Å². The SMILES string of the molecule is COc1cc(C)ccc1NC(C)c1ccc(C(C)C)cc1. The van der Waals surface area contributed by atoms with Crippen molar-refractivity contribution in [3.63, 3.8) is 0 Å². The van der Waals surface area contributed by atoms with Gasteiger partial charge in [-0.25, -0.2) is 0 Å². The molecule has 0 aliphatic heterocycles. The summed E-state index contributed by atoms with van der Waals surface area (Å²) in [5.74, 6) is 1.46. The van der Waals surface area contributed by atoms with Gasteiger partial charge in [0.05, 0.1) is 12.8 Å². The maximum atomic E-state index is 5.45. The molecule has 2 heteroatoms. The average molecular weight is 283 g/mol. The molecule has 1 unspecified atom stereocenters. The van der Waals surface area contributed by atoms with Gasteiger partial charge < -0.3 is 10.1 Å². The van der Waals surface area contributed by atoms with Crippen molar-refractivity contribution in [2.45, 2.75) is 39.7 Å². The van der Waals surface area contributed by atoms with Crippen LogP contribution in [0.25, 0.3) is 0 Å². The molecule has 0 saturated heterocycles. The Bertz CT molecular complexity index is 587. The molecule has 2 aromatic rings. The van der Waals surface area contributed by atoms with Gasteiger partial charge in [0, 0.05) is 6.04 Å². The molecule has 0 heterocycles. The lowest BCUT2D eigenvalue weighted by Crippen LogP contribution is -2.08. The second-order valence-corrected chi connectivity index (χ2v) is 5.89. The molecular weight excluding hydrogens is 258 g/mol. The van der Waals surface area contributed by atoms with Crippen molar-refractivity contribution in [2.24, 2.45) is 0 Å². The average Bonchev–Trinajstić information content (AvgIpc) is 2.49. The molecule has 1 atom stereocenters. The molecule has 0 radical (unpaired) electrons. The summed E-state index contributed by atoms with van der Waals surface area (Å²) < 4.78 is 5.45. The van der Waals surface area contributed by atoms with Crippen molar-refractivity contribution < 1.29 is 4.74 Å². The van der Waals surface area contributed by atoms with Crippen molar-refractivity contribution >= 4 is 5.69 Å². The largest absolute Gasteiger partial charge is 0.495 e. The second kappa shape index (κ2) is 6.66. The number of ether oxygens (including phenoxy) is 1. The predicted octanol–water partition coefficient (Wildman–Crippen LogP) is 5.30. The van der Waals surface area contributed by atoms with E-state index in [0.717, 1.165) is 11.4 Å². The minimum Gasteiger partial charge on any atom is -0.495 e. The van der Waals surface area contributed by atoms with Crippen LogP contribution in [0.2, 0.25) is 0 Å². The van der Waals surface area contributed by atoms with Crippen LogP contribution in [0.15, 0.2) is 42.5 Å². The Morgan fingerprint density at radius 3 is 2.10 bits per heavy atom. The zero-order chi connectivity index (χ0) is 15.4. The molecule has 21 heavy (non-hydrogen) atoms. The lowest BCUT2D eigenvalue weighted by Gasteiger charge is -2.19. The van der Waals surface area contributed by atoms with Crippen LogP contribution in [0.3, 0.4) is 0 Å². The normalized spacial score (nSPS) is 12.3. The van der Waals surface area contributed by atoms with E-state index in [4.69, 9.17) is 4.74 Å². The summed E-state index contributed by atoms with van der Waals surface area (Å²) in [6, 6.07) is 15.3. The standard InChI is InChI=1S/C19H25NO/c1-13(2)16-7-9-17(10-8-16)15(4)20-18-11-6-14(3)12-19(18)21-5/h6-13,15,20H,1-5H3. The Morgan fingerprint density at radius 1 is 0.905 bits per heavy atom. The first-order valence-electron chi connectivity index (χ1n) is 7.52. The van der Waals surface area contributed by atoms with Crippen LogP contribution < -0.4 is 10.1 Å². The van der Waals surface area contributed by atoms with Gasteiger partial charge in [-0.15, -0.1) is 0 Å². The van der Waals surface area contributed by atoms with Gasteiger partial charge in [0.25, 0.3) is 0 Å². The Balaban J connectivity index is 2.15. The van der Waals surface area contributed by atoms with E-state index in [9.17, 15) is 0 Å². The van der Waals surface area contributed by atoms with Gasteiger partial charge >= 0.3 is 0 Å². The summed E-state index contributed by atoms with van der Waals surface area (Å²) in [5.41, 5.74) is 4.88. The van der Waals surface area contributed by atoms with Gasteiger partial charge in [-0.2, -0.15) is 0 Å². The van der Waals surface area contributed by atoms with Crippen LogP contribution in [0.5, 0.6) is 5.75 Å². The number of rotatable bonds is 5. The Hall–Kier alpha value is -1.96. The van der Waals surface area contributed by atoms with E-state index in [2.05, 4.69) is 75.5 Å². The van der Waals surface area contributed by atoms with Crippen molar-refractivity contribution in [1.82, 2.24) is 0 Å². The van der Waals surface area contributed by atoms with E-state index in [1.54, 1.807) is 7.11 Å². The summed E-state index contributed by atoms with van der Waals surface area (Å²) in [6.45, 7) is 8.67. The molecule has 0 fully saturated rings. The fourth-order valence-corrected chi connectivity index (χ4v) is 2.40. The number of methoxy groups -OCH3 is 1. The second-order valence-electron chi connectivity index (χ2n) is 5.89. The van der Waals surface area contributed by atoms with E-state index in [0.29, 0.717) is 5.92 Å². The van der Waals surface area contributed by atoms with Crippen molar-refractivity contribution in [1.29, 1.82) is 0 Å². The van der Waals surface area contributed by atoms with E-state index in [-0.39, 0.29) is 6.04 Å². The fourth-order valence-electron chi connectivity index (χ4n) is 2.40. The number of benzene rings is 2. The van der Waals surface area contributed by atoms with Crippen LogP contribution in [-0.2, 0) is 0 Å². The molecule has 2 rings (SSSR count). The Morgan fingerprint density at radius 2 is 1.52 bits per heavy atom. The molecule has 0 aliphatic rings. The zero-order valence-corrected chi connectivity index (χ0v) is 13.6.